The van der Waals surface area contributed by atoms with Gasteiger partial charge >= 0.3 is 0 Å². The number of H-pyrrole nitrogens is 1. The van der Waals surface area contributed by atoms with E-state index in [0.717, 1.165) is 39.1 Å². The lowest BCUT2D eigenvalue weighted by atomic mass is 10.1. The standard InChI is InChI=1S/C15H21N3/c1-2-12-13-5-3-4-6-14(13)17-15(12)11-18-9-7-16-8-10-18/h3-6,16-17H,2,7-11H2,1H3. The summed E-state index contributed by atoms with van der Waals surface area (Å²) in [6.07, 6.45) is 1.10. The minimum Gasteiger partial charge on any atom is -0.357 e. The molecule has 3 heteroatoms. The van der Waals surface area contributed by atoms with Gasteiger partial charge in [-0.1, -0.05) is 25.1 Å². The normalized spacial score (nSPS) is 17.4. The lowest BCUT2D eigenvalue weighted by Gasteiger charge is -2.27. The molecule has 2 aromatic rings. The minimum absolute atomic E-state index is 1.06. The Balaban J connectivity index is 1.90. The molecule has 96 valence electrons. The highest BCUT2D eigenvalue weighted by Gasteiger charge is 2.14. The molecule has 0 aliphatic carbocycles. The van der Waals surface area contributed by atoms with E-state index in [1.807, 2.05) is 0 Å². The lowest BCUT2D eigenvalue weighted by molar-refractivity contribution is 0.230. The maximum Gasteiger partial charge on any atom is 0.0459 e. The zero-order valence-electron chi connectivity index (χ0n) is 11.0. The average Bonchev–Trinajstić information content (AvgIpc) is 2.77. The molecule has 1 aromatic carbocycles. The molecule has 0 unspecified atom stereocenters. The summed E-state index contributed by atoms with van der Waals surface area (Å²) < 4.78 is 0. The van der Waals surface area contributed by atoms with Crippen LogP contribution in [-0.2, 0) is 13.0 Å². The highest BCUT2D eigenvalue weighted by molar-refractivity contribution is 5.84. The quantitative estimate of drug-likeness (QED) is 0.865. The second-order valence-corrected chi connectivity index (χ2v) is 5.01. The van der Waals surface area contributed by atoms with E-state index in [2.05, 4.69) is 46.4 Å². The summed E-state index contributed by atoms with van der Waals surface area (Å²) in [6, 6.07) is 8.64. The van der Waals surface area contributed by atoms with Gasteiger partial charge in [0.2, 0.25) is 0 Å². The number of rotatable bonds is 3. The van der Waals surface area contributed by atoms with Crippen LogP contribution in [0.4, 0.5) is 0 Å². The third-order valence-electron chi connectivity index (χ3n) is 3.85. The van der Waals surface area contributed by atoms with Gasteiger partial charge in [0.15, 0.2) is 0 Å². The third-order valence-corrected chi connectivity index (χ3v) is 3.85. The van der Waals surface area contributed by atoms with Gasteiger partial charge in [0.1, 0.15) is 0 Å². The van der Waals surface area contributed by atoms with E-state index >= 15 is 0 Å². The molecule has 0 atom stereocenters. The zero-order chi connectivity index (χ0) is 12.4. The largest absolute Gasteiger partial charge is 0.357 e. The first-order chi connectivity index (χ1) is 8.88. The van der Waals surface area contributed by atoms with Gasteiger partial charge in [-0.15, -0.1) is 0 Å². The summed E-state index contributed by atoms with van der Waals surface area (Å²) >= 11 is 0. The first kappa shape index (κ1) is 11.8. The molecule has 2 N–H and O–H groups in total. The van der Waals surface area contributed by atoms with E-state index in [-0.39, 0.29) is 0 Å². The van der Waals surface area contributed by atoms with Gasteiger partial charge in [-0.05, 0) is 18.1 Å². The fourth-order valence-electron chi connectivity index (χ4n) is 2.89. The fourth-order valence-corrected chi connectivity index (χ4v) is 2.89. The molecule has 3 nitrogen and oxygen atoms in total. The van der Waals surface area contributed by atoms with E-state index in [1.165, 1.54) is 22.2 Å². The van der Waals surface area contributed by atoms with Crippen molar-refractivity contribution in [3.8, 4) is 0 Å². The number of piperazine rings is 1. The molecule has 18 heavy (non-hydrogen) atoms. The van der Waals surface area contributed by atoms with Crippen LogP contribution in [0, 0.1) is 0 Å². The maximum atomic E-state index is 3.60. The smallest absolute Gasteiger partial charge is 0.0459 e. The number of aromatic amines is 1. The van der Waals surface area contributed by atoms with Gasteiger partial charge in [0.05, 0.1) is 0 Å². The molecule has 1 saturated heterocycles. The molecule has 0 radical (unpaired) electrons. The van der Waals surface area contributed by atoms with Crippen LogP contribution in [0.3, 0.4) is 0 Å². The van der Waals surface area contributed by atoms with Gasteiger partial charge < -0.3 is 10.3 Å². The van der Waals surface area contributed by atoms with Crippen LogP contribution in [0.1, 0.15) is 18.2 Å². The highest BCUT2D eigenvalue weighted by atomic mass is 15.2. The molecule has 1 aliphatic heterocycles. The summed E-state index contributed by atoms with van der Waals surface area (Å²) in [6.45, 7) is 7.83. The lowest BCUT2D eigenvalue weighted by Crippen LogP contribution is -2.43. The predicted molar refractivity (Wildman–Crippen MR) is 75.8 cm³/mol. The van der Waals surface area contributed by atoms with Gasteiger partial charge in [0.25, 0.3) is 0 Å². The Bertz CT molecular complexity index is 524. The van der Waals surface area contributed by atoms with Crippen molar-refractivity contribution in [2.24, 2.45) is 0 Å². The van der Waals surface area contributed by atoms with Crippen LogP contribution in [0.15, 0.2) is 24.3 Å². The third kappa shape index (κ3) is 2.16. The van der Waals surface area contributed by atoms with Gasteiger partial charge in [-0.2, -0.15) is 0 Å². The van der Waals surface area contributed by atoms with Crippen LogP contribution in [0.5, 0.6) is 0 Å². The summed E-state index contributed by atoms with van der Waals surface area (Å²) in [7, 11) is 0. The Kier molecular flexibility index (Phi) is 3.35. The molecule has 2 heterocycles. The van der Waals surface area contributed by atoms with Crippen molar-refractivity contribution in [1.29, 1.82) is 0 Å². The Morgan fingerprint density at radius 1 is 1.17 bits per heavy atom. The number of para-hydroxylation sites is 1. The summed E-state index contributed by atoms with van der Waals surface area (Å²) in [4.78, 5) is 6.13. The molecule has 0 saturated carbocycles. The number of aryl methyl sites for hydroxylation is 1. The molecule has 0 spiro atoms. The Hall–Kier alpha value is -1.32. The number of benzene rings is 1. The van der Waals surface area contributed by atoms with E-state index in [9.17, 15) is 0 Å². The molecular formula is C15H21N3. The minimum atomic E-state index is 1.06. The first-order valence-electron chi connectivity index (χ1n) is 6.90. The average molecular weight is 243 g/mol. The number of nitrogens with one attached hydrogen (secondary N) is 2. The van der Waals surface area contributed by atoms with Gasteiger partial charge in [0, 0.05) is 49.3 Å². The van der Waals surface area contributed by atoms with Crippen molar-refractivity contribution in [2.45, 2.75) is 19.9 Å². The zero-order valence-corrected chi connectivity index (χ0v) is 11.0. The summed E-state index contributed by atoms with van der Waals surface area (Å²) in [5.41, 5.74) is 4.17. The van der Waals surface area contributed by atoms with E-state index in [1.54, 1.807) is 0 Å². The summed E-state index contributed by atoms with van der Waals surface area (Å²) in [5.74, 6) is 0. The summed E-state index contributed by atoms with van der Waals surface area (Å²) in [5, 5.41) is 4.80. The number of nitrogens with zero attached hydrogens (tertiary/aromatic N) is 1. The molecule has 3 rings (SSSR count). The number of hydrogen-bond acceptors (Lipinski definition) is 2. The number of hydrogen-bond donors (Lipinski definition) is 2. The molecule has 1 aliphatic rings. The van der Waals surface area contributed by atoms with E-state index in [4.69, 9.17) is 0 Å². The van der Waals surface area contributed by atoms with Gasteiger partial charge in [-0.25, -0.2) is 0 Å². The molecule has 0 bridgehead atoms. The van der Waals surface area contributed by atoms with Crippen molar-refractivity contribution in [2.75, 3.05) is 26.2 Å². The Morgan fingerprint density at radius 3 is 2.72 bits per heavy atom. The number of fused-ring (bicyclic) bond motifs is 1. The predicted octanol–water partition coefficient (Wildman–Crippen LogP) is 2.14. The van der Waals surface area contributed by atoms with Crippen LogP contribution in [0.2, 0.25) is 0 Å². The van der Waals surface area contributed by atoms with E-state index in [0.29, 0.717) is 0 Å². The molecule has 0 amide bonds. The van der Waals surface area contributed by atoms with Crippen molar-refractivity contribution in [3.63, 3.8) is 0 Å². The molecule has 1 aromatic heterocycles. The maximum absolute atomic E-state index is 3.60. The Morgan fingerprint density at radius 2 is 1.94 bits per heavy atom. The number of aromatic nitrogens is 1. The van der Waals surface area contributed by atoms with E-state index < -0.39 is 0 Å². The van der Waals surface area contributed by atoms with Crippen molar-refractivity contribution < 1.29 is 0 Å². The second-order valence-electron chi connectivity index (χ2n) is 5.01. The Labute approximate surface area is 108 Å². The second kappa shape index (κ2) is 5.12. The van der Waals surface area contributed by atoms with Crippen LogP contribution in [0.25, 0.3) is 10.9 Å². The van der Waals surface area contributed by atoms with Crippen molar-refractivity contribution >= 4 is 10.9 Å². The molecule has 1 fully saturated rings. The monoisotopic (exact) mass is 243 g/mol. The SMILES string of the molecule is CCc1c(CN2CCNCC2)[nH]c2ccccc12. The fraction of sp³-hybridized carbons (Fsp3) is 0.467. The van der Waals surface area contributed by atoms with Crippen LogP contribution in [-0.4, -0.2) is 36.1 Å². The topological polar surface area (TPSA) is 31.1 Å². The van der Waals surface area contributed by atoms with Gasteiger partial charge in [-0.3, -0.25) is 4.90 Å². The van der Waals surface area contributed by atoms with Crippen LogP contribution < -0.4 is 5.32 Å². The van der Waals surface area contributed by atoms with Crippen molar-refractivity contribution in [3.05, 3.63) is 35.5 Å². The van der Waals surface area contributed by atoms with Crippen molar-refractivity contribution in [1.82, 2.24) is 15.2 Å². The molecular weight excluding hydrogens is 222 g/mol. The van der Waals surface area contributed by atoms with Crippen LogP contribution >= 0.6 is 0 Å². The highest BCUT2D eigenvalue weighted by Crippen LogP contribution is 2.23. The first-order valence-corrected chi connectivity index (χ1v) is 6.90.